The lowest BCUT2D eigenvalue weighted by Gasteiger charge is -2.56. The van der Waals surface area contributed by atoms with Crippen molar-refractivity contribution in [3.63, 3.8) is 0 Å². The number of carbonyl (C=O) groups is 1. The summed E-state index contributed by atoms with van der Waals surface area (Å²) >= 11 is 0. The quantitative estimate of drug-likeness (QED) is 0.418. The van der Waals surface area contributed by atoms with Crippen molar-refractivity contribution >= 4 is 5.97 Å². The molecule has 2 fully saturated rings. The molecule has 2 aromatic rings. The van der Waals surface area contributed by atoms with Gasteiger partial charge in [-0.2, -0.15) is 0 Å². The van der Waals surface area contributed by atoms with Gasteiger partial charge in [0.1, 0.15) is 11.5 Å². The summed E-state index contributed by atoms with van der Waals surface area (Å²) in [5.74, 6) is 1.26. The van der Waals surface area contributed by atoms with Crippen molar-refractivity contribution in [3.8, 4) is 11.5 Å². The third-order valence-corrected chi connectivity index (χ3v) is 11.8. The van der Waals surface area contributed by atoms with Crippen LogP contribution in [0.2, 0.25) is 0 Å². The average Bonchev–Trinajstić information content (AvgIpc) is 2.88. The van der Waals surface area contributed by atoms with Gasteiger partial charge in [-0.1, -0.05) is 45.7 Å². The summed E-state index contributed by atoms with van der Waals surface area (Å²) in [6.07, 6.45) is 10.2. The Morgan fingerprint density at radius 1 is 0.789 bits per heavy atom. The van der Waals surface area contributed by atoms with E-state index >= 15 is 0 Å². The maximum absolute atomic E-state index is 14.1. The van der Waals surface area contributed by atoms with E-state index in [2.05, 4.69) is 39.8 Å². The molecule has 4 heteroatoms. The minimum atomic E-state index is -0.518. The van der Waals surface area contributed by atoms with E-state index in [0.29, 0.717) is 24.0 Å². The fraction of sp³-hybridized carbons (Fsp3) is 0.618. The molecule has 0 spiro atoms. The number of fused-ring (bicyclic) bond motifs is 6. The van der Waals surface area contributed by atoms with Crippen molar-refractivity contribution in [2.45, 2.75) is 103 Å². The van der Waals surface area contributed by atoms with Gasteiger partial charge in [0.05, 0.1) is 12.0 Å². The van der Waals surface area contributed by atoms with Crippen LogP contribution in [0.1, 0.15) is 101 Å². The Balaban J connectivity index is 1.24. The van der Waals surface area contributed by atoms with E-state index in [1.54, 1.807) is 6.07 Å². The van der Waals surface area contributed by atoms with Gasteiger partial charge in [0.2, 0.25) is 0 Å². The molecule has 0 amide bonds. The smallest absolute Gasteiger partial charge is 0.312 e. The fourth-order valence-electron chi connectivity index (χ4n) is 9.84. The van der Waals surface area contributed by atoms with Crippen molar-refractivity contribution < 1.29 is 19.7 Å². The Labute approximate surface area is 227 Å². The van der Waals surface area contributed by atoms with E-state index in [-0.39, 0.29) is 28.1 Å². The van der Waals surface area contributed by atoms with Gasteiger partial charge >= 0.3 is 5.97 Å². The number of aromatic hydroxyl groups is 2. The minimum absolute atomic E-state index is 0.00583. The minimum Gasteiger partial charge on any atom is -0.508 e. The number of hydrogen-bond acceptors (Lipinski definition) is 4. The van der Waals surface area contributed by atoms with Crippen molar-refractivity contribution in [2.24, 2.45) is 22.7 Å². The molecule has 0 bridgehead atoms. The number of ether oxygens (including phenoxy) is 1. The first-order chi connectivity index (χ1) is 18.0. The zero-order valence-electron chi connectivity index (χ0n) is 23.6. The highest BCUT2D eigenvalue weighted by molar-refractivity contribution is 5.77. The predicted molar refractivity (Wildman–Crippen MR) is 149 cm³/mol. The van der Waals surface area contributed by atoms with E-state index in [1.165, 1.54) is 22.3 Å². The monoisotopic (exact) mass is 516 g/mol. The highest BCUT2D eigenvalue weighted by Gasteiger charge is 2.57. The normalized spacial score (nSPS) is 37.8. The number of aryl methyl sites for hydroxylation is 2. The molecule has 2 saturated carbocycles. The van der Waals surface area contributed by atoms with Crippen LogP contribution < -0.4 is 0 Å². The molecule has 2 aromatic carbocycles. The lowest BCUT2D eigenvalue weighted by Crippen LogP contribution is -2.54. The summed E-state index contributed by atoms with van der Waals surface area (Å²) in [6.45, 7) is 9.64. The van der Waals surface area contributed by atoms with E-state index in [4.69, 9.17) is 4.74 Å². The highest BCUT2D eigenvalue weighted by Crippen LogP contribution is 2.60. The molecule has 0 aromatic heterocycles. The first-order valence-corrected chi connectivity index (χ1v) is 14.8. The summed E-state index contributed by atoms with van der Waals surface area (Å²) < 4.78 is 6.40. The van der Waals surface area contributed by atoms with Crippen LogP contribution in [0.3, 0.4) is 0 Å². The zero-order chi connectivity index (χ0) is 26.9. The molecule has 2 N–H and O–H groups in total. The van der Waals surface area contributed by atoms with Gasteiger partial charge in [-0.25, -0.2) is 0 Å². The molecule has 4 aliphatic carbocycles. The second-order valence-electron chi connectivity index (χ2n) is 14.1. The van der Waals surface area contributed by atoms with Crippen LogP contribution in [0, 0.1) is 22.7 Å². The topological polar surface area (TPSA) is 66.8 Å². The molecule has 38 heavy (non-hydrogen) atoms. The Bertz CT molecular complexity index is 1270. The van der Waals surface area contributed by atoms with Gasteiger partial charge in [-0.15, -0.1) is 0 Å². The third kappa shape index (κ3) is 3.72. The predicted octanol–water partition coefficient (Wildman–Crippen LogP) is 7.36. The molecule has 0 aliphatic heterocycles. The van der Waals surface area contributed by atoms with Crippen molar-refractivity contribution in [1.82, 2.24) is 0 Å². The molecular weight excluding hydrogens is 472 g/mol. The number of rotatable bonds is 3. The van der Waals surface area contributed by atoms with Crippen LogP contribution in [-0.2, 0) is 33.2 Å². The maximum Gasteiger partial charge on any atom is 0.312 e. The number of benzene rings is 2. The van der Waals surface area contributed by atoms with Gasteiger partial charge in [0.25, 0.3) is 0 Å². The number of phenolic OH excluding ortho intramolecular Hbond substituents is 2. The van der Waals surface area contributed by atoms with Gasteiger partial charge in [-0.05, 0) is 127 Å². The fourth-order valence-corrected chi connectivity index (χ4v) is 9.84. The molecule has 6 unspecified atom stereocenters. The first kappa shape index (κ1) is 25.8. The number of hydrogen-bond donors (Lipinski definition) is 2. The van der Waals surface area contributed by atoms with Gasteiger partial charge in [0.15, 0.2) is 0 Å². The Hall–Kier alpha value is -2.49. The molecule has 204 valence electrons. The molecule has 0 heterocycles. The largest absolute Gasteiger partial charge is 0.508 e. The Morgan fingerprint density at radius 2 is 1.32 bits per heavy atom. The van der Waals surface area contributed by atoms with Crippen LogP contribution in [0.4, 0.5) is 0 Å². The Kier molecular flexibility index (Phi) is 5.94. The summed E-state index contributed by atoms with van der Waals surface area (Å²) in [6, 6.07) is 11.7. The van der Waals surface area contributed by atoms with Crippen LogP contribution in [0.25, 0.3) is 0 Å². The van der Waals surface area contributed by atoms with E-state index in [1.807, 2.05) is 18.2 Å². The highest BCUT2D eigenvalue weighted by atomic mass is 16.5. The van der Waals surface area contributed by atoms with Gasteiger partial charge < -0.3 is 14.9 Å². The molecule has 6 rings (SSSR count). The van der Waals surface area contributed by atoms with Crippen molar-refractivity contribution in [3.05, 3.63) is 58.7 Å². The van der Waals surface area contributed by atoms with Crippen molar-refractivity contribution in [1.29, 1.82) is 0 Å². The second kappa shape index (κ2) is 8.76. The molecule has 4 nitrogen and oxygen atoms in total. The lowest BCUT2D eigenvalue weighted by atomic mass is 9.49. The number of esters is 1. The summed E-state index contributed by atoms with van der Waals surface area (Å²) in [7, 11) is 0. The standard InChI is InChI=1S/C34H44O4/c1-31(15-5-16-32(2)26-19-24(35)11-7-22(26)9-13-28(31)32)21-38-30(37)34(4)18-6-17-33(3)27-20-25(36)12-8-23(27)10-14-29(33)34/h7-8,11-12,19-20,28-29,35-36H,5-6,9-10,13-18,21H2,1-4H3. The Morgan fingerprint density at radius 3 is 1.92 bits per heavy atom. The molecular formula is C34H44O4. The molecule has 0 radical (unpaired) electrons. The van der Waals surface area contributed by atoms with E-state index < -0.39 is 5.41 Å². The first-order valence-electron chi connectivity index (χ1n) is 14.8. The third-order valence-electron chi connectivity index (χ3n) is 11.8. The van der Waals surface area contributed by atoms with Crippen LogP contribution >= 0.6 is 0 Å². The summed E-state index contributed by atoms with van der Waals surface area (Å²) in [5.41, 5.74) is 4.48. The zero-order valence-corrected chi connectivity index (χ0v) is 23.6. The average molecular weight is 517 g/mol. The molecule has 6 atom stereocenters. The lowest BCUT2D eigenvalue weighted by molar-refractivity contribution is -0.171. The van der Waals surface area contributed by atoms with Crippen LogP contribution in [0.5, 0.6) is 11.5 Å². The molecule has 4 aliphatic rings. The van der Waals surface area contributed by atoms with Crippen molar-refractivity contribution in [2.75, 3.05) is 6.61 Å². The summed E-state index contributed by atoms with van der Waals surface area (Å²) in [4.78, 5) is 14.1. The summed E-state index contributed by atoms with van der Waals surface area (Å²) in [5, 5.41) is 20.6. The van der Waals surface area contributed by atoms with E-state index in [0.717, 1.165) is 64.2 Å². The molecule has 0 saturated heterocycles. The van der Waals surface area contributed by atoms with Crippen LogP contribution in [-0.4, -0.2) is 22.8 Å². The SMILES string of the molecule is CC1(COC(=O)C2(C)CCCC3(C)c4cc(O)ccc4CCC23)CCCC2(C)c3cc(O)ccc3CCC12. The second-order valence-corrected chi connectivity index (χ2v) is 14.1. The number of carbonyl (C=O) groups excluding carboxylic acids is 1. The van der Waals surface area contributed by atoms with Gasteiger partial charge in [-0.3, -0.25) is 4.79 Å². The van der Waals surface area contributed by atoms with Crippen LogP contribution in [0.15, 0.2) is 36.4 Å². The van der Waals surface area contributed by atoms with Gasteiger partial charge in [0, 0.05) is 5.41 Å². The number of phenols is 2. The van der Waals surface area contributed by atoms with E-state index in [9.17, 15) is 15.0 Å². The maximum atomic E-state index is 14.1.